The van der Waals surface area contributed by atoms with E-state index in [0.717, 1.165) is 74.9 Å². The highest BCUT2D eigenvalue weighted by Crippen LogP contribution is 2.33. The molecule has 2 aromatic heterocycles. The van der Waals surface area contributed by atoms with Crippen molar-refractivity contribution in [1.82, 2.24) is 39.8 Å². The number of rotatable bonds is 9. The van der Waals surface area contributed by atoms with Crippen molar-refractivity contribution in [3.63, 3.8) is 0 Å². The monoisotopic (exact) mass is 805 g/mol. The summed E-state index contributed by atoms with van der Waals surface area (Å²) in [6.45, 7) is 6.40. The molecule has 5 amide bonds. The van der Waals surface area contributed by atoms with E-state index in [4.69, 9.17) is 16.6 Å². The van der Waals surface area contributed by atoms with Crippen LogP contribution >= 0.6 is 11.6 Å². The Kier molecular flexibility index (Phi) is 10.1. The molecule has 58 heavy (non-hydrogen) atoms. The number of piperidine rings is 2. The van der Waals surface area contributed by atoms with Crippen LogP contribution in [0.4, 0.5) is 17.5 Å². The van der Waals surface area contributed by atoms with Crippen LogP contribution in [0.25, 0.3) is 0 Å². The summed E-state index contributed by atoms with van der Waals surface area (Å²) in [6.07, 6.45) is 15.6. The Morgan fingerprint density at radius 2 is 1.71 bits per heavy atom. The number of benzene rings is 1. The summed E-state index contributed by atoms with van der Waals surface area (Å²) in [7, 11) is 1.83. The van der Waals surface area contributed by atoms with Crippen LogP contribution in [0.1, 0.15) is 46.4 Å². The molecule has 3 fully saturated rings. The highest BCUT2D eigenvalue weighted by atomic mass is 35.5. The lowest BCUT2D eigenvalue weighted by molar-refractivity contribution is -0.136. The third kappa shape index (κ3) is 7.26. The van der Waals surface area contributed by atoms with Crippen LogP contribution in [-0.4, -0.2) is 129 Å². The number of imide groups is 2. The zero-order valence-electron chi connectivity index (χ0n) is 32.1. The zero-order valence-corrected chi connectivity index (χ0v) is 32.8. The molecule has 7 heterocycles. The number of allylic oxidation sites excluding steroid dienone is 1. The Morgan fingerprint density at radius 1 is 0.914 bits per heavy atom. The number of anilines is 3. The standard InChI is InChI=1S/C41H44ClN11O5/c1-48-33-6-3-28(20-26(33)19-27(38(48)56)24-52-12-2-11-44-52)45-36-32(42)22-43-41(47-36)51-13-9-25(10-14-51)23-49-15-17-50(18-16-49)29-4-5-30-31(21-29)40(58)53(39(30)57)34-7-8-35(54)46-37(34)55/h2-6,11-12,19-22,25-26,33-34H,7-10,13-18,23-24H2,1H3,(H,43,45,47)(H,46,54,55). The molecule has 0 radical (unpaired) electrons. The molecule has 3 unspecified atom stereocenters. The molecule has 3 atom stereocenters. The third-order valence-electron chi connectivity index (χ3n) is 12.1. The Morgan fingerprint density at radius 3 is 2.47 bits per heavy atom. The first-order chi connectivity index (χ1) is 28.1. The van der Waals surface area contributed by atoms with Crippen LogP contribution < -0.4 is 20.4 Å². The average molecular weight is 806 g/mol. The van der Waals surface area contributed by atoms with Gasteiger partial charge in [0.05, 0.1) is 29.9 Å². The summed E-state index contributed by atoms with van der Waals surface area (Å²) in [4.78, 5) is 82.8. The van der Waals surface area contributed by atoms with E-state index >= 15 is 0 Å². The van der Waals surface area contributed by atoms with E-state index in [2.05, 4.69) is 41.5 Å². The smallest absolute Gasteiger partial charge is 0.262 e. The van der Waals surface area contributed by atoms with Crippen molar-refractivity contribution >= 4 is 58.6 Å². The molecule has 9 rings (SSSR count). The van der Waals surface area contributed by atoms with E-state index in [-0.39, 0.29) is 36.3 Å². The second-order valence-electron chi connectivity index (χ2n) is 15.7. The van der Waals surface area contributed by atoms with E-state index in [1.54, 1.807) is 34.1 Å². The average Bonchev–Trinajstić information content (AvgIpc) is 3.83. The topological polar surface area (TPSA) is 169 Å². The maximum Gasteiger partial charge on any atom is 0.262 e. The van der Waals surface area contributed by atoms with Gasteiger partial charge in [0.15, 0.2) is 5.82 Å². The highest BCUT2D eigenvalue weighted by molar-refractivity contribution is 6.32. The molecule has 16 nitrogen and oxygen atoms in total. The molecule has 1 aromatic carbocycles. The maximum atomic E-state index is 13.3. The van der Waals surface area contributed by atoms with Gasteiger partial charge in [-0.3, -0.25) is 43.8 Å². The minimum absolute atomic E-state index is 0.00390. The lowest BCUT2D eigenvalue weighted by atomic mass is 9.87. The van der Waals surface area contributed by atoms with Gasteiger partial charge in [-0.05, 0) is 55.5 Å². The number of amides is 5. The molecule has 17 heteroatoms. The predicted octanol–water partition coefficient (Wildman–Crippen LogP) is 2.72. The van der Waals surface area contributed by atoms with Crippen molar-refractivity contribution in [3.8, 4) is 0 Å². The minimum atomic E-state index is -0.978. The maximum absolute atomic E-state index is 13.3. The van der Waals surface area contributed by atoms with Crippen LogP contribution in [-0.2, 0) is 20.9 Å². The van der Waals surface area contributed by atoms with Gasteiger partial charge in [-0.2, -0.15) is 10.1 Å². The Labute approximate surface area is 340 Å². The quantitative estimate of drug-likeness (QED) is 0.304. The molecule has 3 saturated heterocycles. The van der Waals surface area contributed by atoms with Crippen molar-refractivity contribution in [2.45, 2.75) is 44.3 Å². The molecule has 300 valence electrons. The number of likely N-dealkylation sites (N-methyl/N-ethyl adjacent to an activating group) is 1. The lowest BCUT2D eigenvalue weighted by Crippen LogP contribution is -2.54. The first-order valence-electron chi connectivity index (χ1n) is 19.8. The number of halogens is 1. The second kappa shape index (κ2) is 15.5. The number of aromatic nitrogens is 4. The van der Waals surface area contributed by atoms with Crippen LogP contribution in [0.15, 0.2) is 78.4 Å². The minimum Gasteiger partial charge on any atom is -0.369 e. The lowest BCUT2D eigenvalue weighted by Gasteiger charge is -2.39. The summed E-state index contributed by atoms with van der Waals surface area (Å²) in [5, 5.41) is 10.3. The fourth-order valence-corrected chi connectivity index (χ4v) is 9.06. The Bertz CT molecular complexity index is 2260. The molecular formula is C41H44ClN11O5. The Hall–Kier alpha value is -5.87. The van der Waals surface area contributed by atoms with Crippen molar-refractivity contribution in [1.29, 1.82) is 0 Å². The number of carbonyl (C=O) groups is 5. The summed E-state index contributed by atoms with van der Waals surface area (Å²) in [6, 6.07) is 6.10. The number of nitrogens with one attached hydrogen (secondary N) is 2. The van der Waals surface area contributed by atoms with Gasteiger partial charge in [0.25, 0.3) is 17.7 Å². The molecule has 2 N–H and O–H groups in total. The van der Waals surface area contributed by atoms with Gasteiger partial charge >= 0.3 is 0 Å². The van der Waals surface area contributed by atoms with Crippen molar-refractivity contribution < 1.29 is 24.0 Å². The van der Waals surface area contributed by atoms with Gasteiger partial charge in [-0.1, -0.05) is 29.8 Å². The fraction of sp³-hybridized carbons (Fsp3) is 0.415. The van der Waals surface area contributed by atoms with E-state index in [9.17, 15) is 24.0 Å². The zero-order chi connectivity index (χ0) is 40.1. The van der Waals surface area contributed by atoms with Crippen LogP contribution in [0.5, 0.6) is 0 Å². The van der Waals surface area contributed by atoms with Gasteiger partial charge in [0.1, 0.15) is 11.1 Å². The molecule has 1 aliphatic carbocycles. The largest absolute Gasteiger partial charge is 0.369 e. The number of piperazine rings is 1. The van der Waals surface area contributed by atoms with Crippen LogP contribution in [0.3, 0.4) is 0 Å². The molecule has 3 aromatic rings. The third-order valence-corrected chi connectivity index (χ3v) is 12.4. The Balaban J connectivity index is 0.770. The van der Waals surface area contributed by atoms with E-state index in [0.29, 0.717) is 40.4 Å². The number of fused-ring (bicyclic) bond motifs is 2. The van der Waals surface area contributed by atoms with Crippen LogP contribution in [0, 0.1) is 11.8 Å². The first kappa shape index (κ1) is 37.7. The van der Waals surface area contributed by atoms with Gasteiger partial charge in [0.2, 0.25) is 17.8 Å². The number of hydrogen-bond acceptors (Lipinski definition) is 12. The highest BCUT2D eigenvalue weighted by Gasteiger charge is 2.45. The molecule has 6 aliphatic rings. The normalized spacial score (nSPS) is 24.2. The molecule has 0 bridgehead atoms. The molecule has 0 spiro atoms. The van der Waals surface area contributed by atoms with Gasteiger partial charge in [-0.25, -0.2) is 4.98 Å². The summed E-state index contributed by atoms with van der Waals surface area (Å²) in [5.41, 5.74) is 3.01. The molecular weight excluding hydrogens is 762 g/mol. The van der Waals surface area contributed by atoms with Crippen molar-refractivity contribution in [3.05, 3.63) is 94.6 Å². The summed E-state index contributed by atoms with van der Waals surface area (Å²) in [5.74, 6) is -0.302. The van der Waals surface area contributed by atoms with E-state index in [1.165, 1.54) is 0 Å². The number of hydrogen-bond donors (Lipinski definition) is 2. The van der Waals surface area contributed by atoms with Crippen molar-refractivity contribution in [2.75, 3.05) is 68.0 Å². The SMILES string of the molecule is CN1C(=O)C(Cn2cccn2)=CC2C=C(Nc3nc(N4CCC(CN5CCN(c6ccc7c(c6)C(=O)N(C6CCC(=O)NC6=O)C7=O)CC5)CC4)ncc3Cl)C=CC21. The van der Waals surface area contributed by atoms with Crippen LogP contribution in [0.2, 0.25) is 5.02 Å². The van der Waals surface area contributed by atoms with Crippen molar-refractivity contribution in [2.24, 2.45) is 11.8 Å². The van der Waals surface area contributed by atoms with E-state index < -0.39 is 29.7 Å². The van der Waals surface area contributed by atoms with Gasteiger partial charge in [0, 0.05) is 94.6 Å². The fourth-order valence-electron chi connectivity index (χ4n) is 8.92. The van der Waals surface area contributed by atoms with Gasteiger partial charge < -0.3 is 20.0 Å². The summed E-state index contributed by atoms with van der Waals surface area (Å²) >= 11 is 6.60. The first-order valence-corrected chi connectivity index (χ1v) is 20.2. The predicted molar refractivity (Wildman–Crippen MR) is 215 cm³/mol. The second-order valence-corrected chi connectivity index (χ2v) is 16.2. The number of nitrogens with zero attached hydrogens (tertiary/aromatic N) is 9. The number of carbonyl (C=O) groups excluding carboxylic acids is 5. The van der Waals surface area contributed by atoms with Gasteiger partial charge in [-0.15, -0.1) is 0 Å². The molecule has 5 aliphatic heterocycles. The van der Waals surface area contributed by atoms with E-state index in [1.807, 2.05) is 43.6 Å². The summed E-state index contributed by atoms with van der Waals surface area (Å²) < 4.78 is 1.75. The molecule has 0 saturated carbocycles.